The van der Waals surface area contributed by atoms with Crippen molar-refractivity contribution in [2.24, 2.45) is 0 Å². The number of ether oxygens (including phenoxy) is 1. The van der Waals surface area contributed by atoms with Crippen LogP contribution in [0.25, 0.3) is 0 Å². The lowest BCUT2D eigenvalue weighted by molar-refractivity contribution is 0.156. The molecule has 0 aromatic carbocycles. The van der Waals surface area contributed by atoms with E-state index in [0.29, 0.717) is 0 Å². The fraction of sp³-hybridized carbons (Fsp3) is 0.462. The molecule has 1 unspecified atom stereocenters. The van der Waals surface area contributed by atoms with Crippen molar-refractivity contribution in [2.45, 2.75) is 39.1 Å². The van der Waals surface area contributed by atoms with Crippen molar-refractivity contribution in [1.82, 2.24) is 4.98 Å². The number of hydrogen-bond donors (Lipinski definition) is 0. The van der Waals surface area contributed by atoms with Crippen molar-refractivity contribution in [1.29, 1.82) is 0 Å². The van der Waals surface area contributed by atoms with Crippen molar-refractivity contribution in [3.63, 3.8) is 0 Å². The molecule has 0 saturated carbocycles. The third kappa shape index (κ3) is 2.19. The fourth-order valence-corrected chi connectivity index (χ4v) is 4.08. The van der Waals surface area contributed by atoms with E-state index in [4.69, 9.17) is 4.74 Å². The zero-order valence-electron chi connectivity index (χ0n) is 10.4. The molecule has 1 atom stereocenters. The molecule has 0 amide bonds. The first-order chi connectivity index (χ1) is 7.48. The van der Waals surface area contributed by atoms with Crippen LogP contribution in [0, 0.1) is 0 Å². The molecule has 1 aliphatic rings. The van der Waals surface area contributed by atoms with Crippen molar-refractivity contribution >= 4 is 8.07 Å². The van der Waals surface area contributed by atoms with Crippen LogP contribution < -0.4 is 0 Å². The van der Waals surface area contributed by atoms with E-state index in [-0.39, 0.29) is 6.10 Å². The van der Waals surface area contributed by atoms with E-state index in [9.17, 15) is 0 Å². The van der Waals surface area contributed by atoms with E-state index in [1.54, 1.807) is 0 Å². The molecule has 3 heteroatoms. The minimum absolute atomic E-state index is 0.142. The fourth-order valence-electron chi connectivity index (χ4n) is 2.20. The van der Waals surface area contributed by atoms with Gasteiger partial charge in [-0.15, -0.1) is 0 Å². The molecule has 0 spiro atoms. The molecule has 2 rings (SSSR count). The molecule has 16 heavy (non-hydrogen) atoms. The van der Waals surface area contributed by atoms with Gasteiger partial charge in [0.15, 0.2) is 0 Å². The van der Waals surface area contributed by atoms with Crippen LogP contribution >= 0.6 is 0 Å². The highest BCUT2D eigenvalue weighted by Gasteiger charge is 2.33. The second-order valence-corrected chi connectivity index (χ2v) is 10.4. The first kappa shape index (κ1) is 11.4. The maximum atomic E-state index is 6.10. The van der Waals surface area contributed by atoms with Crippen LogP contribution in [0.15, 0.2) is 35.4 Å². The van der Waals surface area contributed by atoms with Crippen LogP contribution in [0.2, 0.25) is 19.6 Å². The predicted octanol–water partition coefficient (Wildman–Crippen LogP) is 3.69. The summed E-state index contributed by atoms with van der Waals surface area (Å²) in [6.07, 6.45) is 2.97. The Bertz CT molecular complexity index is 406. The Morgan fingerprint density at radius 1 is 1.31 bits per heavy atom. The largest absolute Gasteiger partial charge is 0.493 e. The summed E-state index contributed by atoms with van der Waals surface area (Å²) in [7, 11) is -1.33. The van der Waals surface area contributed by atoms with Gasteiger partial charge in [-0.05, 0) is 24.6 Å². The molecule has 86 valence electrons. The summed E-state index contributed by atoms with van der Waals surface area (Å²) in [6.45, 7) is 9.17. The van der Waals surface area contributed by atoms with Crippen LogP contribution in [-0.4, -0.2) is 13.1 Å². The minimum atomic E-state index is -1.33. The molecule has 1 aromatic heterocycles. The van der Waals surface area contributed by atoms with Crippen LogP contribution in [0.1, 0.15) is 25.1 Å². The third-order valence-corrected chi connectivity index (χ3v) is 4.75. The molecule has 0 bridgehead atoms. The second kappa shape index (κ2) is 4.05. The van der Waals surface area contributed by atoms with Gasteiger partial charge >= 0.3 is 0 Å². The van der Waals surface area contributed by atoms with E-state index in [1.807, 2.05) is 24.4 Å². The van der Waals surface area contributed by atoms with Crippen molar-refractivity contribution in [3.8, 4) is 0 Å². The summed E-state index contributed by atoms with van der Waals surface area (Å²) in [5, 5.41) is 1.27. The van der Waals surface area contributed by atoms with Gasteiger partial charge in [0, 0.05) is 12.6 Å². The Balaban J connectivity index is 2.18. The lowest BCUT2D eigenvalue weighted by Gasteiger charge is -2.21. The molecular weight excluding hydrogens is 214 g/mol. The average molecular weight is 233 g/mol. The van der Waals surface area contributed by atoms with Gasteiger partial charge in [-0.2, -0.15) is 0 Å². The van der Waals surface area contributed by atoms with Crippen molar-refractivity contribution in [2.75, 3.05) is 0 Å². The second-order valence-electron chi connectivity index (χ2n) is 5.42. The monoisotopic (exact) mass is 233 g/mol. The molecule has 0 aliphatic carbocycles. The first-order valence-corrected chi connectivity index (χ1v) is 9.26. The Morgan fingerprint density at radius 3 is 2.56 bits per heavy atom. The summed E-state index contributed by atoms with van der Waals surface area (Å²) in [5.41, 5.74) is 2.46. The van der Waals surface area contributed by atoms with Crippen LogP contribution in [-0.2, 0) is 4.74 Å². The lowest BCUT2D eigenvalue weighted by atomic mass is 10.1. The molecular formula is C13H19NOSi. The SMILES string of the molecule is CC1=C([Si](C)(C)C)OC(c2ccccn2)C1. The molecule has 0 fully saturated rings. The van der Waals surface area contributed by atoms with Crippen LogP contribution in [0.3, 0.4) is 0 Å². The average Bonchev–Trinajstić information content (AvgIpc) is 2.61. The normalized spacial score (nSPS) is 21.1. The maximum absolute atomic E-state index is 6.10. The van der Waals surface area contributed by atoms with Crippen LogP contribution in [0.5, 0.6) is 0 Å². The molecule has 2 heterocycles. The van der Waals surface area contributed by atoms with Gasteiger partial charge in [0.25, 0.3) is 0 Å². The summed E-state index contributed by atoms with van der Waals surface area (Å²) in [4.78, 5) is 4.38. The van der Waals surface area contributed by atoms with Gasteiger partial charge in [0.05, 0.1) is 11.1 Å². The first-order valence-electron chi connectivity index (χ1n) is 5.76. The van der Waals surface area contributed by atoms with E-state index in [1.165, 1.54) is 11.0 Å². The van der Waals surface area contributed by atoms with Crippen LogP contribution in [0.4, 0.5) is 0 Å². The lowest BCUT2D eigenvalue weighted by Crippen LogP contribution is -2.25. The molecule has 0 radical (unpaired) electrons. The van der Waals surface area contributed by atoms with Gasteiger partial charge < -0.3 is 4.74 Å². The minimum Gasteiger partial charge on any atom is -0.493 e. The smallest absolute Gasteiger partial charge is 0.143 e. The summed E-state index contributed by atoms with van der Waals surface area (Å²) < 4.78 is 6.10. The van der Waals surface area contributed by atoms with Gasteiger partial charge in [-0.1, -0.05) is 25.7 Å². The van der Waals surface area contributed by atoms with E-state index < -0.39 is 8.07 Å². The summed E-state index contributed by atoms with van der Waals surface area (Å²) in [5.74, 6) is 0. The van der Waals surface area contributed by atoms with E-state index >= 15 is 0 Å². The number of hydrogen-bond acceptors (Lipinski definition) is 2. The Hall–Kier alpha value is -1.09. The Kier molecular flexibility index (Phi) is 2.89. The summed E-state index contributed by atoms with van der Waals surface area (Å²) >= 11 is 0. The topological polar surface area (TPSA) is 22.1 Å². The number of rotatable bonds is 2. The van der Waals surface area contributed by atoms with Gasteiger partial charge in [-0.3, -0.25) is 4.98 Å². The summed E-state index contributed by atoms with van der Waals surface area (Å²) in [6, 6.07) is 6.01. The molecule has 1 aromatic rings. The molecule has 1 aliphatic heterocycles. The molecule has 0 N–H and O–H groups in total. The standard InChI is InChI=1S/C13H19NOSi/c1-10-9-12(11-7-5-6-8-14-11)15-13(10)16(2,3)4/h5-8,12H,9H2,1-4H3. The Labute approximate surface area is 98.4 Å². The van der Waals surface area contributed by atoms with Gasteiger partial charge in [0.1, 0.15) is 14.2 Å². The highest BCUT2D eigenvalue weighted by atomic mass is 28.3. The van der Waals surface area contributed by atoms with Gasteiger partial charge in [0.2, 0.25) is 0 Å². The highest BCUT2D eigenvalue weighted by molar-refractivity contribution is 6.82. The van der Waals surface area contributed by atoms with Gasteiger partial charge in [-0.25, -0.2) is 0 Å². The van der Waals surface area contributed by atoms with E-state index in [0.717, 1.165) is 12.1 Å². The maximum Gasteiger partial charge on any atom is 0.143 e. The highest BCUT2D eigenvalue weighted by Crippen LogP contribution is 2.38. The zero-order valence-corrected chi connectivity index (χ0v) is 11.4. The van der Waals surface area contributed by atoms with E-state index in [2.05, 4.69) is 31.5 Å². The van der Waals surface area contributed by atoms with Crippen molar-refractivity contribution in [3.05, 3.63) is 41.0 Å². The number of pyridine rings is 1. The van der Waals surface area contributed by atoms with Crippen molar-refractivity contribution < 1.29 is 4.74 Å². The third-order valence-electron chi connectivity index (χ3n) is 2.84. The molecule has 0 saturated heterocycles. The predicted molar refractivity (Wildman–Crippen MR) is 68.7 cm³/mol. The quantitative estimate of drug-likeness (QED) is 0.727. The Morgan fingerprint density at radius 2 is 2.06 bits per heavy atom. The number of nitrogens with zero attached hydrogens (tertiary/aromatic N) is 1. The zero-order chi connectivity index (χ0) is 11.8. The molecule has 2 nitrogen and oxygen atoms in total. The number of aromatic nitrogens is 1.